The second kappa shape index (κ2) is 5.93. The summed E-state index contributed by atoms with van der Waals surface area (Å²) in [5, 5.41) is 19.7. The van der Waals surface area contributed by atoms with Crippen LogP contribution in [0.15, 0.2) is 30.5 Å². The van der Waals surface area contributed by atoms with Gasteiger partial charge in [0.1, 0.15) is 11.9 Å². The molecule has 0 atom stereocenters. The van der Waals surface area contributed by atoms with E-state index in [0.717, 1.165) is 11.8 Å². The van der Waals surface area contributed by atoms with Crippen LogP contribution in [0.1, 0.15) is 5.56 Å². The Bertz CT molecular complexity index is 615. The fourth-order valence-electron chi connectivity index (χ4n) is 1.54. The molecule has 0 radical (unpaired) electrons. The van der Waals surface area contributed by atoms with Gasteiger partial charge in [-0.2, -0.15) is 4.98 Å². The minimum absolute atomic E-state index is 0.0497. The number of hydrogen-bond acceptors (Lipinski definition) is 7. The summed E-state index contributed by atoms with van der Waals surface area (Å²) < 4.78 is 5.35. The summed E-state index contributed by atoms with van der Waals surface area (Å²) in [6.45, 7) is 0.0497. The van der Waals surface area contributed by atoms with Crippen molar-refractivity contribution in [1.29, 1.82) is 0 Å². The third-order valence-electron chi connectivity index (χ3n) is 2.49. The van der Waals surface area contributed by atoms with Crippen molar-refractivity contribution in [1.82, 2.24) is 9.97 Å². The first-order valence-corrected chi connectivity index (χ1v) is 5.74. The minimum atomic E-state index is -0.644. The molecule has 20 heavy (non-hydrogen) atoms. The van der Waals surface area contributed by atoms with Crippen molar-refractivity contribution in [2.75, 3.05) is 12.3 Å². The van der Waals surface area contributed by atoms with Gasteiger partial charge in [0.25, 0.3) is 0 Å². The number of anilines is 1. The molecule has 104 valence electrons. The smallest absolute Gasteiger partial charge is 0.349 e. The molecule has 0 bridgehead atoms. The summed E-state index contributed by atoms with van der Waals surface area (Å²) in [6.07, 6.45) is 1.53. The third-order valence-corrected chi connectivity index (χ3v) is 2.49. The van der Waals surface area contributed by atoms with Crippen molar-refractivity contribution in [3.63, 3.8) is 0 Å². The Morgan fingerprint density at radius 2 is 2.05 bits per heavy atom. The molecule has 0 fully saturated rings. The number of rotatable bonds is 5. The molecule has 0 aliphatic carbocycles. The molecule has 1 heterocycles. The van der Waals surface area contributed by atoms with Crippen molar-refractivity contribution < 1.29 is 14.8 Å². The molecule has 0 spiro atoms. The van der Waals surface area contributed by atoms with E-state index >= 15 is 0 Å². The van der Waals surface area contributed by atoms with Crippen molar-refractivity contribution in [3.05, 3.63) is 46.1 Å². The van der Waals surface area contributed by atoms with E-state index in [1.807, 2.05) is 0 Å². The molecule has 1 aromatic carbocycles. The van der Waals surface area contributed by atoms with Crippen molar-refractivity contribution in [2.24, 2.45) is 0 Å². The number of nitro groups is 1. The molecular formula is C12H12N4O4. The van der Waals surface area contributed by atoms with Crippen molar-refractivity contribution >= 4 is 11.6 Å². The lowest BCUT2D eigenvalue weighted by molar-refractivity contribution is -0.386. The van der Waals surface area contributed by atoms with Gasteiger partial charge in [-0.1, -0.05) is 12.1 Å². The molecule has 8 heteroatoms. The molecule has 8 nitrogen and oxygen atoms in total. The fraction of sp³-hybridized carbons (Fsp3) is 0.167. The highest BCUT2D eigenvalue weighted by molar-refractivity contribution is 5.44. The van der Waals surface area contributed by atoms with Crippen LogP contribution in [0.5, 0.6) is 11.6 Å². The number of nitrogens with zero attached hydrogens (tertiary/aromatic N) is 3. The molecule has 0 aliphatic heterocycles. The third kappa shape index (κ3) is 3.18. The van der Waals surface area contributed by atoms with Gasteiger partial charge in [0, 0.05) is 6.61 Å². The van der Waals surface area contributed by atoms with Crippen LogP contribution in [-0.2, 0) is 6.42 Å². The van der Waals surface area contributed by atoms with E-state index in [-0.39, 0.29) is 24.1 Å². The zero-order valence-electron chi connectivity index (χ0n) is 10.4. The van der Waals surface area contributed by atoms with Gasteiger partial charge in [-0.05, 0) is 24.1 Å². The Morgan fingerprint density at radius 3 is 2.65 bits per heavy atom. The number of aliphatic hydroxyl groups excluding tert-OH is 1. The molecular weight excluding hydrogens is 264 g/mol. The topological polar surface area (TPSA) is 124 Å². The predicted octanol–water partition coefficient (Wildman–Crippen LogP) is 1.29. The zero-order chi connectivity index (χ0) is 14.5. The SMILES string of the molecule is Nc1ncc([N+](=O)[O-])c(Oc2ccc(CCO)cc2)n1. The fourth-order valence-corrected chi connectivity index (χ4v) is 1.54. The van der Waals surface area contributed by atoms with Gasteiger partial charge in [-0.3, -0.25) is 10.1 Å². The predicted molar refractivity (Wildman–Crippen MR) is 70.4 cm³/mol. The van der Waals surface area contributed by atoms with Crippen molar-refractivity contribution in [3.8, 4) is 11.6 Å². The lowest BCUT2D eigenvalue weighted by Gasteiger charge is -2.06. The van der Waals surface area contributed by atoms with E-state index in [1.54, 1.807) is 24.3 Å². The molecule has 2 aromatic rings. The molecule has 0 amide bonds. The first kappa shape index (κ1) is 13.7. The summed E-state index contributed by atoms with van der Waals surface area (Å²) in [4.78, 5) is 17.5. The van der Waals surface area contributed by atoms with Crippen LogP contribution in [0.25, 0.3) is 0 Å². The molecule has 0 saturated heterocycles. The van der Waals surface area contributed by atoms with E-state index in [4.69, 9.17) is 15.6 Å². The molecule has 1 aromatic heterocycles. The number of benzene rings is 1. The minimum Gasteiger partial charge on any atom is -0.434 e. The van der Waals surface area contributed by atoms with E-state index < -0.39 is 4.92 Å². The number of nitrogens with two attached hydrogens (primary N) is 1. The van der Waals surface area contributed by atoms with Crippen LogP contribution < -0.4 is 10.5 Å². The lowest BCUT2D eigenvalue weighted by Crippen LogP contribution is -2.01. The average Bonchev–Trinajstić information content (AvgIpc) is 2.41. The zero-order valence-corrected chi connectivity index (χ0v) is 10.4. The Hall–Kier alpha value is -2.74. The van der Waals surface area contributed by atoms with E-state index in [2.05, 4.69) is 9.97 Å². The molecule has 3 N–H and O–H groups in total. The Labute approximate surface area is 114 Å². The number of nitrogen functional groups attached to an aromatic ring is 1. The summed E-state index contributed by atoms with van der Waals surface area (Å²) in [7, 11) is 0. The van der Waals surface area contributed by atoms with Crippen LogP contribution >= 0.6 is 0 Å². The maximum atomic E-state index is 10.8. The molecule has 0 aliphatic rings. The van der Waals surface area contributed by atoms with Gasteiger partial charge in [0.05, 0.1) is 4.92 Å². The van der Waals surface area contributed by atoms with Gasteiger partial charge in [0.2, 0.25) is 5.95 Å². The molecule has 0 saturated carbocycles. The van der Waals surface area contributed by atoms with Gasteiger partial charge < -0.3 is 15.6 Å². The largest absolute Gasteiger partial charge is 0.434 e. The summed E-state index contributed by atoms with van der Waals surface area (Å²) in [6, 6.07) is 6.77. The highest BCUT2D eigenvalue weighted by atomic mass is 16.6. The van der Waals surface area contributed by atoms with Crippen LogP contribution in [-0.4, -0.2) is 26.6 Å². The molecule has 0 unspecified atom stereocenters. The van der Waals surface area contributed by atoms with E-state index in [0.29, 0.717) is 12.2 Å². The van der Waals surface area contributed by atoms with E-state index in [9.17, 15) is 10.1 Å². The summed E-state index contributed by atoms with van der Waals surface area (Å²) in [5.41, 5.74) is 5.96. The second-order valence-corrected chi connectivity index (χ2v) is 3.90. The number of aromatic nitrogens is 2. The van der Waals surface area contributed by atoms with Crippen LogP contribution in [0.4, 0.5) is 11.6 Å². The summed E-state index contributed by atoms with van der Waals surface area (Å²) >= 11 is 0. The summed E-state index contributed by atoms with van der Waals surface area (Å²) in [5.74, 6) is 0.0628. The maximum absolute atomic E-state index is 10.8. The van der Waals surface area contributed by atoms with Gasteiger partial charge in [-0.25, -0.2) is 4.98 Å². The number of hydrogen-bond donors (Lipinski definition) is 2. The standard InChI is InChI=1S/C12H12N4O4/c13-12-14-7-10(16(18)19)11(15-12)20-9-3-1-8(2-4-9)5-6-17/h1-4,7,17H,5-6H2,(H2,13,14,15). The van der Waals surface area contributed by atoms with Crippen LogP contribution in [0, 0.1) is 10.1 Å². The van der Waals surface area contributed by atoms with Gasteiger partial charge in [-0.15, -0.1) is 0 Å². The van der Waals surface area contributed by atoms with Gasteiger partial charge in [0.15, 0.2) is 0 Å². The van der Waals surface area contributed by atoms with Crippen molar-refractivity contribution in [2.45, 2.75) is 6.42 Å². The molecule has 2 rings (SSSR count). The Balaban J connectivity index is 2.25. The average molecular weight is 276 g/mol. The maximum Gasteiger partial charge on any atom is 0.349 e. The number of aliphatic hydroxyl groups is 1. The Kier molecular flexibility index (Phi) is 4.06. The van der Waals surface area contributed by atoms with Crippen LogP contribution in [0.3, 0.4) is 0 Å². The normalized spacial score (nSPS) is 10.2. The highest BCUT2D eigenvalue weighted by Gasteiger charge is 2.19. The first-order chi connectivity index (χ1) is 9.60. The quantitative estimate of drug-likeness (QED) is 0.622. The highest BCUT2D eigenvalue weighted by Crippen LogP contribution is 2.28. The first-order valence-electron chi connectivity index (χ1n) is 5.74. The van der Waals surface area contributed by atoms with Crippen LogP contribution in [0.2, 0.25) is 0 Å². The van der Waals surface area contributed by atoms with Gasteiger partial charge >= 0.3 is 11.6 Å². The second-order valence-electron chi connectivity index (χ2n) is 3.90. The number of ether oxygens (including phenoxy) is 1. The van der Waals surface area contributed by atoms with E-state index in [1.165, 1.54) is 0 Å². The lowest BCUT2D eigenvalue weighted by atomic mass is 10.1. The monoisotopic (exact) mass is 276 g/mol. The Morgan fingerprint density at radius 1 is 1.35 bits per heavy atom.